The van der Waals surface area contributed by atoms with Gasteiger partial charge >= 0.3 is 5.97 Å². The average molecular weight is 369 g/mol. The quantitative estimate of drug-likeness (QED) is 0.782. The van der Waals surface area contributed by atoms with Crippen LogP contribution in [0, 0.1) is 11.7 Å². The van der Waals surface area contributed by atoms with Gasteiger partial charge in [-0.2, -0.15) is 5.10 Å². The van der Waals surface area contributed by atoms with E-state index in [4.69, 9.17) is 5.11 Å². The number of rotatable bonds is 7. The van der Waals surface area contributed by atoms with Crippen molar-refractivity contribution in [1.29, 1.82) is 0 Å². The number of carbonyl (C=O) groups excluding carboxylic acids is 1. The van der Waals surface area contributed by atoms with Crippen LogP contribution in [-0.2, 0) is 17.8 Å². The number of nitrogens with one attached hydrogen (secondary N) is 1. The van der Waals surface area contributed by atoms with E-state index in [1.54, 1.807) is 0 Å². The number of aromatic nitrogens is 2. The fourth-order valence-electron chi connectivity index (χ4n) is 2.42. The lowest BCUT2D eigenvalue weighted by Crippen LogP contribution is -2.16. The zero-order valence-electron chi connectivity index (χ0n) is 14.2. The van der Waals surface area contributed by atoms with Crippen LogP contribution in [0.3, 0.4) is 0 Å². The van der Waals surface area contributed by atoms with Crippen molar-refractivity contribution in [3.8, 4) is 0 Å². The molecule has 0 atom stereocenters. The number of benzene rings is 1. The van der Waals surface area contributed by atoms with Crippen LogP contribution in [0.5, 0.6) is 0 Å². The molecule has 0 saturated heterocycles. The van der Waals surface area contributed by atoms with E-state index < -0.39 is 36.2 Å². The molecule has 0 aliphatic heterocycles. The number of carbonyl (C=O) groups is 2. The van der Waals surface area contributed by atoms with Gasteiger partial charge in [-0.1, -0.05) is 19.9 Å². The summed E-state index contributed by atoms with van der Waals surface area (Å²) in [5, 5.41) is 14.9. The SMILES string of the molecule is CC(C)Cn1ncc(C(=O)Nc2ccc(CC(=O)O)c(F)c2)c1C(F)F. The van der Waals surface area contributed by atoms with Crippen LogP contribution < -0.4 is 5.32 Å². The maximum atomic E-state index is 13.9. The number of halogens is 3. The molecule has 26 heavy (non-hydrogen) atoms. The standard InChI is InChI=1S/C17H18F3N3O3/c1-9(2)8-23-15(16(19)20)12(7-21-23)17(26)22-11-4-3-10(5-14(24)25)13(18)6-11/h3-4,6-7,9,16H,5,8H2,1-2H3,(H,22,26)(H,24,25). The van der Waals surface area contributed by atoms with Crippen molar-refractivity contribution >= 4 is 17.6 Å². The molecule has 0 radical (unpaired) electrons. The predicted octanol–water partition coefficient (Wildman–Crippen LogP) is 3.50. The van der Waals surface area contributed by atoms with Crippen molar-refractivity contribution in [3.05, 3.63) is 47.0 Å². The summed E-state index contributed by atoms with van der Waals surface area (Å²) >= 11 is 0. The van der Waals surface area contributed by atoms with E-state index in [9.17, 15) is 22.8 Å². The highest BCUT2D eigenvalue weighted by Gasteiger charge is 2.25. The summed E-state index contributed by atoms with van der Waals surface area (Å²) in [6, 6.07) is 3.46. The Morgan fingerprint density at radius 2 is 2.00 bits per heavy atom. The highest BCUT2D eigenvalue weighted by atomic mass is 19.3. The van der Waals surface area contributed by atoms with Crippen LogP contribution >= 0.6 is 0 Å². The summed E-state index contributed by atoms with van der Waals surface area (Å²) in [6.45, 7) is 3.89. The molecular weight excluding hydrogens is 351 g/mol. The first kappa shape index (κ1) is 19.5. The fourth-order valence-corrected chi connectivity index (χ4v) is 2.42. The van der Waals surface area contributed by atoms with Gasteiger partial charge in [0.25, 0.3) is 12.3 Å². The number of alkyl halides is 2. The number of amides is 1. The third kappa shape index (κ3) is 4.62. The first-order valence-corrected chi connectivity index (χ1v) is 7.84. The molecule has 0 spiro atoms. The molecule has 2 N–H and O–H groups in total. The highest BCUT2D eigenvalue weighted by molar-refractivity contribution is 6.05. The summed E-state index contributed by atoms with van der Waals surface area (Å²) in [7, 11) is 0. The summed E-state index contributed by atoms with van der Waals surface area (Å²) in [6.07, 6.45) is -2.35. The zero-order chi connectivity index (χ0) is 19.4. The molecule has 0 aliphatic rings. The minimum Gasteiger partial charge on any atom is -0.481 e. The zero-order valence-corrected chi connectivity index (χ0v) is 14.2. The van der Waals surface area contributed by atoms with Gasteiger partial charge in [0, 0.05) is 12.2 Å². The number of aliphatic carboxylic acids is 1. The number of hydrogen-bond donors (Lipinski definition) is 2. The first-order valence-electron chi connectivity index (χ1n) is 7.84. The molecule has 0 aliphatic carbocycles. The molecule has 1 aromatic carbocycles. The van der Waals surface area contributed by atoms with Crippen molar-refractivity contribution in [2.75, 3.05) is 5.32 Å². The third-order valence-corrected chi connectivity index (χ3v) is 3.52. The Morgan fingerprint density at radius 1 is 1.31 bits per heavy atom. The Hall–Kier alpha value is -2.84. The van der Waals surface area contributed by atoms with E-state index in [1.165, 1.54) is 12.1 Å². The minimum absolute atomic E-state index is 0.0264. The molecule has 140 valence electrons. The van der Waals surface area contributed by atoms with Gasteiger partial charge in [0.2, 0.25) is 0 Å². The monoisotopic (exact) mass is 369 g/mol. The number of anilines is 1. The number of carboxylic acid groups (broad SMARTS) is 1. The van der Waals surface area contributed by atoms with Gasteiger partial charge in [-0.3, -0.25) is 14.3 Å². The van der Waals surface area contributed by atoms with Gasteiger partial charge < -0.3 is 10.4 Å². The van der Waals surface area contributed by atoms with Crippen molar-refractivity contribution in [2.45, 2.75) is 33.2 Å². The summed E-state index contributed by atoms with van der Waals surface area (Å²) < 4.78 is 41.7. The smallest absolute Gasteiger partial charge is 0.307 e. The second kappa shape index (κ2) is 8.03. The normalized spacial score (nSPS) is 11.2. The van der Waals surface area contributed by atoms with Gasteiger partial charge in [-0.25, -0.2) is 13.2 Å². The van der Waals surface area contributed by atoms with E-state index in [1.807, 2.05) is 13.8 Å². The Balaban J connectivity index is 2.23. The Morgan fingerprint density at radius 3 is 2.54 bits per heavy atom. The lowest BCUT2D eigenvalue weighted by Gasteiger charge is -2.11. The first-order chi connectivity index (χ1) is 12.2. The summed E-state index contributed by atoms with van der Waals surface area (Å²) in [5.41, 5.74) is -0.818. The second-order valence-corrected chi connectivity index (χ2v) is 6.15. The number of carboxylic acids is 1. The van der Waals surface area contributed by atoms with Gasteiger partial charge in [0.1, 0.15) is 11.5 Å². The predicted molar refractivity (Wildman–Crippen MR) is 87.7 cm³/mol. The van der Waals surface area contributed by atoms with E-state index in [-0.39, 0.29) is 29.3 Å². The Kier molecular flexibility index (Phi) is 6.01. The van der Waals surface area contributed by atoms with E-state index in [0.717, 1.165) is 16.9 Å². The highest BCUT2D eigenvalue weighted by Crippen LogP contribution is 2.25. The molecule has 2 aromatic rings. The van der Waals surface area contributed by atoms with Crippen molar-refractivity contribution in [1.82, 2.24) is 9.78 Å². The maximum absolute atomic E-state index is 13.9. The molecule has 1 heterocycles. The molecule has 9 heteroatoms. The van der Waals surface area contributed by atoms with Gasteiger partial charge in [-0.15, -0.1) is 0 Å². The van der Waals surface area contributed by atoms with Gasteiger partial charge in [0.05, 0.1) is 18.2 Å². The molecule has 1 aromatic heterocycles. The fraction of sp³-hybridized carbons (Fsp3) is 0.353. The molecule has 1 amide bonds. The lowest BCUT2D eigenvalue weighted by molar-refractivity contribution is -0.136. The van der Waals surface area contributed by atoms with Gasteiger partial charge in [-0.05, 0) is 23.6 Å². The molecule has 6 nitrogen and oxygen atoms in total. The number of hydrogen-bond acceptors (Lipinski definition) is 3. The van der Waals surface area contributed by atoms with Crippen molar-refractivity contribution < 1.29 is 27.9 Å². The molecule has 0 fully saturated rings. The third-order valence-electron chi connectivity index (χ3n) is 3.52. The van der Waals surface area contributed by atoms with Crippen LogP contribution in [-0.4, -0.2) is 26.8 Å². The largest absolute Gasteiger partial charge is 0.481 e. The van der Waals surface area contributed by atoms with Crippen LogP contribution in [0.15, 0.2) is 24.4 Å². The molecule has 0 saturated carbocycles. The Bertz CT molecular complexity index is 819. The topological polar surface area (TPSA) is 84.2 Å². The average Bonchev–Trinajstić information content (AvgIpc) is 2.92. The van der Waals surface area contributed by atoms with Crippen LogP contribution in [0.2, 0.25) is 0 Å². The van der Waals surface area contributed by atoms with Crippen molar-refractivity contribution in [2.24, 2.45) is 5.92 Å². The van der Waals surface area contributed by atoms with Crippen LogP contribution in [0.4, 0.5) is 18.9 Å². The van der Waals surface area contributed by atoms with E-state index >= 15 is 0 Å². The molecule has 0 unspecified atom stereocenters. The molecular formula is C17H18F3N3O3. The second-order valence-electron chi connectivity index (χ2n) is 6.15. The van der Waals surface area contributed by atoms with Crippen molar-refractivity contribution in [3.63, 3.8) is 0 Å². The summed E-state index contributed by atoms with van der Waals surface area (Å²) in [5.74, 6) is -2.80. The number of nitrogens with zero attached hydrogens (tertiary/aromatic N) is 2. The van der Waals surface area contributed by atoms with Crippen LogP contribution in [0.1, 0.15) is 41.9 Å². The molecule has 2 rings (SSSR count). The van der Waals surface area contributed by atoms with E-state index in [0.29, 0.717) is 0 Å². The molecule has 0 bridgehead atoms. The van der Waals surface area contributed by atoms with Gasteiger partial charge in [0.15, 0.2) is 0 Å². The Labute approximate surface area is 147 Å². The summed E-state index contributed by atoms with van der Waals surface area (Å²) in [4.78, 5) is 22.9. The minimum atomic E-state index is -2.90. The maximum Gasteiger partial charge on any atom is 0.307 e. The van der Waals surface area contributed by atoms with E-state index in [2.05, 4.69) is 10.4 Å². The van der Waals surface area contributed by atoms with Crippen LogP contribution in [0.25, 0.3) is 0 Å². The lowest BCUT2D eigenvalue weighted by atomic mass is 10.1.